The van der Waals surface area contributed by atoms with E-state index in [9.17, 15) is 9.59 Å². The highest BCUT2D eigenvalue weighted by Crippen LogP contribution is 2.25. The summed E-state index contributed by atoms with van der Waals surface area (Å²) in [6.07, 6.45) is 2.62. The number of hydrazine groups is 1. The Hall–Kier alpha value is -1.10. The van der Waals surface area contributed by atoms with Gasteiger partial charge in [-0.3, -0.25) is 15.0 Å². The summed E-state index contributed by atoms with van der Waals surface area (Å²) in [4.78, 5) is 22.0. The topological polar surface area (TPSA) is 84.2 Å². The fraction of sp³-hybridized carbons (Fsp3) is 0.750. The molecule has 5 heteroatoms. The first-order chi connectivity index (χ1) is 6.15. The van der Waals surface area contributed by atoms with E-state index in [2.05, 4.69) is 10.7 Å². The second kappa shape index (κ2) is 4.23. The Balaban J connectivity index is 2.53. The first-order valence-corrected chi connectivity index (χ1v) is 4.42. The van der Waals surface area contributed by atoms with E-state index < -0.39 is 0 Å². The molecule has 2 atom stereocenters. The van der Waals surface area contributed by atoms with E-state index in [0.717, 1.165) is 19.3 Å². The predicted molar refractivity (Wildman–Crippen MR) is 47.3 cm³/mol. The highest BCUT2D eigenvalue weighted by molar-refractivity contribution is 5.80. The fourth-order valence-electron chi connectivity index (χ4n) is 1.81. The maximum atomic E-state index is 11.2. The van der Waals surface area contributed by atoms with E-state index in [-0.39, 0.29) is 23.8 Å². The minimum Gasteiger partial charge on any atom is -0.353 e. The molecule has 0 spiro atoms. The van der Waals surface area contributed by atoms with Crippen LogP contribution in [0.25, 0.3) is 0 Å². The Labute approximate surface area is 77.0 Å². The van der Waals surface area contributed by atoms with Crippen LogP contribution in [0.4, 0.5) is 0 Å². The van der Waals surface area contributed by atoms with Crippen LogP contribution in [-0.2, 0) is 9.59 Å². The van der Waals surface area contributed by atoms with E-state index >= 15 is 0 Å². The minimum atomic E-state index is -0.184. The number of amides is 2. The standard InChI is InChI=1S/C8H15N3O2/c1-5(12)10-7-4-2-3-6(7)8(13)11-9/h6-7H,2-4,9H2,1H3,(H,10,12)(H,11,13)/t6-,7+/m0/s1. The molecule has 1 aliphatic rings. The Kier molecular flexibility index (Phi) is 3.25. The lowest BCUT2D eigenvalue weighted by molar-refractivity contribution is -0.126. The molecule has 0 unspecified atom stereocenters. The summed E-state index contributed by atoms with van der Waals surface area (Å²) < 4.78 is 0. The molecule has 4 N–H and O–H groups in total. The number of rotatable bonds is 2. The summed E-state index contributed by atoms with van der Waals surface area (Å²) in [7, 11) is 0. The first-order valence-electron chi connectivity index (χ1n) is 4.42. The zero-order chi connectivity index (χ0) is 9.84. The third-order valence-corrected chi connectivity index (χ3v) is 2.38. The molecule has 0 saturated heterocycles. The third kappa shape index (κ3) is 2.42. The van der Waals surface area contributed by atoms with Crippen molar-refractivity contribution in [3.05, 3.63) is 0 Å². The highest BCUT2D eigenvalue weighted by atomic mass is 16.2. The lowest BCUT2D eigenvalue weighted by atomic mass is 10.0. The average Bonchev–Trinajstić information content (AvgIpc) is 2.50. The Morgan fingerprint density at radius 2 is 2.08 bits per heavy atom. The second-order valence-electron chi connectivity index (χ2n) is 3.35. The molecule has 1 fully saturated rings. The number of nitrogens with one attached hydrogen (secondary N) is 2. The van der Waals surface area contributed by atoms with E-state index in [4.69, 9.17) is 5.84 Å². The van der Waals surface area contributed by atoms with Crippen molar-refractivity contribution < 1.29 is 9.59 Å². The molecule has 0 aromatic carbocycles. The molecule has 0 heterocycles. The smallest absolute Gasteiger partial charge is 0.239 e. The summed E-state index contributed by atoms with van der Waals surface area (Å²) in [5, 5.41) is 2.75. The number of nitrogens with two attached hydrogens (primary N) is 1. The fourth-order valence-corrected chi connectivity index (χ4v) is 1.81. The Morgan fingerprint density at radius 1 is 1.38 bits per heavy atom. The lowest BCUT2D eigenvalue weighted by Crippen LogP contribution is -2.45. The van der Waals surface area contributed by atoms with Crippen LogP contribution in [-0.4, -0.2) is 17.9 Å². The normalized spacial score (nSPS) is 26.9. The van der Waals surface area contributed by atoms with Crippen molar-refractivity contribution >= 4 is 11.8 Å². The maximum Gasteiger partial charge on any atom is 0.239 e. The molecule has 5 nitrogen and oxygen atoms in total. The maximum absolute atomic E-state index is 11.2. The van der Waals surface area contributed by atoms with Crippen molar-refractivity contribution in [2.75, 3.05) is 0 Å². The zero-order valence-corrected chi connectivity index (χ0v) is 7.67. The highest BCUT2D eigenvalue weighted by Gasteiger charge is 2.32. The van der Waals surface area contributed by atoms with Gasteiger partial charge in [0.25, 0.3) is 0 Å². The first kappa shape index (κ1) is 9.98. The number of carbonyl (C=O) groups excluding carboxylic acids is 2. The van der Waals surface area contributed by atoms with Gasteiger partial charge in [0.2, 0.25) is 11.8 Å². The van der Waals surface area contributed by atoms with Gasteiger partial charge in [-0.15, -0.1) is 0 Å². The summed E-state index contributed by atoms with van der Waals surface area (Å²) in [6.45, 7) is 1.45. The monoisotopic (exact) mass is 185 g/mol. The van der Waals surface area contributed by atoms with E-state index in [1.165, 1.54) is 6.92 Å². The van der Waals surface area contributed by atoms with Gasteiger partial charge in [0.1, 0.15) is 0 Å². The van der Waals surface area contributed by atoms with Gasteiger partial charge < -0.3 is 5.32 Å². The number of hydrogen-bond donors (Lipinski definition) is 3. The van der Waals surface area contributed by atoms with Gasteiger partial charge in [0, 0.05) is 13.0 Å². The van der Waals surface area contributed by atoms with Gasteiger partial charge in [0.05, 0.1) is 5.92 Å². The van der Waals surface area contributed by atoms with Crippen molar-refractivity contribution in [3.8, 4) is 0 Å². The number of hydrogen-bond acceptors (Lipinski definition) is 3. The molecule has 1 rings (SSSR count). The molecule has 0 radical (unpaired) electrons. The summed E-state index contributed by atoms with van der Waals surface area (Å²) in [5.74, 6) is 4.59. The molecule has 0 bridgehead atoms. The van der Waals surface area contributed by atoms with Gasteiger partial charge in [-0.05, 0) is 12.8 Å². The van der Waals surface area contributed by atoms with Crippen LogP contribution >= 0.6 is 0 Å². The van der Waals surface area contributed by atoms with Gasteiger partial charge >= 0.3 is 0 Å². The molecule has 74 valence electrons. The molecular weight excluding hydrogens is 170 g/mol. The summed E-state index contributed by atoms with van der Waals surface area (Å²) in [6, 6.07) is -0.0407. The van der Waals surface area contributed by atoms with Crippen LogP contribution in [0.5, 0.6) is 0 Å². The van der Waals surface area contributed by atoms with Crippen molar-refractivity contribution in [2.45, 2.75) is 32.2 Å². The summed E-state index contributed by atoms with van der Waals surface area (Å²) in [5.41, 5.74) is 2.12. The third-order valence-electron chi connectivity index (χ3n) is 2.38. The number of carbonyl (C=O) groups is 2. The van der Waals surface area contributed by atoms with E-state index in [1.54, 1.807) is 0 Å². The molecular formula is C8H15N3O2. The van der Waals surface area contributed by atoms with Crippen LogP contribution in [0.3, 0.4) is 0 Å². The minimum absolute atomic E-state index is 0.0407. The van der Waals surface area contributed by atoms with Gasteiger partial charge in [-0.2, -0.15) is 0 Å². The van der Waals surface area contributed by atoms with Crippen LogP contribution < -0.4 is 16.6 Å². The molecule has 1 aliphatic carbocycles. The van der Waals surface area contributed by atoms with Gasteiger partial charge in [-0.1, -0.05) is 6.42 Å². The van der Waals surface area contributed by atoms with E-state index in [0.29, 0.717) is 0 Å². The van der Waals surface area contributed by atoms with Crippen LogP contribution in [0.2, 0.25) is 0 Å². The van der Waals surface area contributed by atoms with Crippen molar-refractivity contribution in [1.29, 1.82) is 0 Å². The van der Waals surface area contributed by atoms with Gasteiger partial charge in [-0.25, -0.2) is 5.84 Å². The Bertz CT molecular complexity index is 217. The molecule has 0 aromatic rings. The zero-order valence-electron chi connectivity index (χ0n) is 7.67. The van der Waals surface area contributed by atoms with Crippen LogP contribution in [0, 0.1) is 5.92 Å². The van der Waals surface area contributed by atoms with Crippen LogP contribution in [0.1, 0.15) is 26.2 Å². The van der Waals surface area contributed by atoms with E-state index in [1.807, 2.05) is 0 Å². The average molecular weight is 185 g/mol. The van der Waals surface area contributed by atoms with Crippen molar-refractivity contribution in [1.82, 2.24) is 10.7 Å². The molecule has 2 amide bonds. The summed E-state index contributed by atoms with van der Waals surface area (Å²) >= 11 is 0. The predicted octanol–water partition coefficient (Wildman–Crippen LogP) is -0.719. The quantitative estimate of drug-likeness (QED) is 0.301. The molecule has 0 aromatic heterocycles. The van der Waals surface area contributed by atoms with Crippen LogP contribution in [0.15, 0.2) is 0 Å². The molecule has 0 aliphatic heterocycles. The van der Waals surface area contributed by atoms with Gasteiger partial charge in [0.15, 0.2) is 0 Å². The molecule has 1 saturated carbocycles. The largest absolute Gasteiger partial charge is 0.353 e. The van der Waals surface area contributed by atoms with Crippen molar-refractivity contribution in [3.63, 3.8) is 0 Å². The Morgan fingerprint density at radius 3 is 2.62 bits per heavy atom. The lowest BCUT2D eigenvalue weighted by Gasteiger charge is -2.18. The second-order valence-corrected chi connectivity index (χ2v) is 3.35. The SMILES string of the molecule is CC(=O)N[C@@H]1CCC[C@@H]1C(=O)NN. The van der Waals surface area contributed by atoms with Crippen molar-refractivity contribution in [2.24, 2.45) is 11.8 Å². The molecule has 13 heavy (non-hydrogen) atoms.